The zero-order valence-corrected chi connectivity index (χ0v) is 13.6. The van der Waals surface area contributed by atoms with Gasteiger partial charge in [-0.25, -0.2) is 0 Å². The van der Waals surface area contributed by atoms with Gasteiger partial charge in [0, 0.05) is 12.6 Å². The Hall–Kier alpha value is -0.280. The van der Waals surface area contributed by atoms with Crippen molar-refractivity contribution in [2.75, 3.05) is 13.7 Å². The lowest BCUT2D eigenvalue weighted by molar-refractivity contribution is -0.0534. The highest BCUT2D eigenvalue weighted by Crippen LogP contribution is 2.26. The van der Waals surface area contributed by atoms with E-state index in [0.717, 1.165) is 18.4 Å². The van der Waals surface area contributed by atoms with Gasteiger partial charge < -0.3 is 10.1 Å². The van der Waals surface area contributed by atoms with Crippen molar-refractivity contribution in [3.05, 3.63) is 33.8 Å². The van der Waals surface area contributed by atoms with Gasteiger partial charge in [-0.05, 0) is 51.4 Å². The van der Waals surface area contributed by atoms with E-state index in [1.165, 1.54) is 0 Å². The summed E-state index contributed by atoms with van der Waals surface area (Å²) in [5.74, 6) is 0. The highest BCUT2D eigenvalue weighted by atomic mass is 35.5. The fourth-order valence-electron chi connectivity index (χ4n) is 2.30. The topological polar surface area (TPSA) is 21.3 Å². The number of halogens is 2. The van der Waals surface area contributed by atoms with Crippen LogP contribution in [-0.2, 0) is 11.2 Å². The second kappa shape index (κ2) is 7.49. The maximum absolute atomic E-state index is 6.07. The number of hydrogen-bond donors (Lipinski definition) is 1. The van der Waals surface area contributed by atoms with E-state index in [4.69, 9.17) is 27.9 Å². The first-order valence-electron chi connectivity index (χ1n) is 6.72. The molecule has 2 unspecified atom stereocenters. The Kier molecular flexibility index (Phi) is 6.61. The molecule has 0 aliphatic carbocycles. The van der Waals surface area contributed by atoms with Crippen LogP contribution in [0.3, 0.4) is 0 Å². The summed E-state index contributed by atoms with van der Waals surface area (Å²) in [6.07, 6.45) is 1.81. The monoisotopic (exact) mass is 303 g/mol. The van der Waals surface area contributed by atoms with Crippen LogP contribution in [0.2, 0.25) is 10.0 Å². The van der Waals surface area contributed by atoms with Crippen molar-refractivity contribution in [1.82, 2.24) is 5.32 Å². The van der Waals surface area contributed by atoms with Gasteiger partial charge in [-0.15, -0.1) is 0 Å². The molecular weight excluding hydrogens is 281 g/mol. The predicted molar refractivity (Wildman–Crippen MR) is 83.3 cm³/mol. The summed E-state index contributed by atoms with van der Waals surface area (Å²) in [6, 6.07) is 6.02. The van der Waals surface area contributed by atoms with E-state index in [1.54, 1.807) is 0 Å². The first-order valence-corrected chi connectivity index (χ1v) is 7.47. The Morgan fingerprint density at radius 2 is 1.95 bits per heavy atom. The molecule has 1 aromatic rings. The minimum Gasteiger partial charge on any atom is -0.374 e. The van der Waals surface area contributed by atoms with Crippen LogP contribution in [0.25, 0.3) is 0 Å². The van der Waals surface area contributed by atoms with Gasteiger partial charge in [0.15, 0.2) is 0 Å². The quantitative estimate of drug-likeness (QED) is 0.809. The normalized spacial score (nSPS) is 16.1. The molecule has 19 heavy (non-hydrogen) atoms. The van der Waals surface area contributed by atoms with Gasteiger partial charge in [-0.2, -0.15) is 0 Å². The third-order valence-corrected chi connectivity index (χ3v) is 4.42. The molecule has 0 heterocycles. The van der Waals surface area contributed by atoms with Crippen LogP contribution in [0.5, 0.6) is 0 Å². The Morgan fingerprint density at radius 3 is 2.42 bits per heavy atom. The number of hydrogen-bond acceptors (Lipinski definition) is 2. The van der Waals surface area contributed by atoms with Gasteiger partial charge in [0.1, 0.15) is 0 Å². The minimum absolute atomic E-state index is 0.185. The molecule has 1 N–H and O–H groups in total. The molecule has 2 atom stereocenters. The van der Waals surface area contributed by atoms with Crippen molar-refractivity contribution < 1.29 is 4.74 Å². The second-order valence-corrected chi connectivity index (χ2v) is 5.71. The molecule has 0 saturated carbocycles. The van der Waals surface area contributed by atoms with Crippen LogP contribution in [-0.4, -0.2) is 25.3 Å². The van der Waals surface area contributed by atoms with Crippen molar-refractivity contribution in [3.63, 3.8) is 0 Å². The lowest BCUT2D eigenvalue weighted by atomic mass is 9.88. The third kappa shape index (κ3) is 4.35. The molecule has 4 heteroatoms. The second-order valence-electron chi connectivity index (χ2n) is 4.89. The van der Waals surface area contributed by atoms with Crippen molar-refractivity contribution in [3.8, 4) is 0 Å². The molecule has 0 aliphatic heterocycles. The predicted octanol–water partition coefficient (Wildman–Crippen LogP) is 4.33. The SMILES string of the molecule is CCOC(C)(CC)C(Cc1ccc(Cl)c(Cl)c1)NC. The number of likely N-dealkylation sites (N-methyl/N-ethyl adjacent to an activating group) is 1. The summed E-state index contributed by atoms with van der Waals surface area (Å²) < 4.78 is 5.94. The molecule has 0 spiro atoms. The van der Waals surface area contributed by atoms with Gasteiger partial charge >= 0.3 is 0 Å². The fraction of sp³-hybridized carbons (Fsp3) is 0.600. The summed E-state index contributed by atoms with van der Waals surface area (Å²) in [7, 11) is 1.97. The lowest BCUT2D eigenvalue weighted by Crippen LogP contribution is -2.50. The van der Waals surface area contributed by atoms with Gasteiger partial charge in [0.05, 0.1) is 15.6 Å². The van der Waals surface area contributed by atoms with Crippen molar-refractivity contribution >= 4 is 23.2 Å². The third-order valence-electron chi connectivity index (χ3n) is 3.69. The standard InChI is InChI=1S/C15H23Cl2NO/c1-5-15(3,19-6-2)14(18-4)10-11-7-8-12(16)13(17)9-11/h7-9,14,18H,5-6,10H2,1-4H3. The van der Waals surface area contributed by atoms with Crippen LogP contribution >= 0.6 is 23.2 Å². The Morgan fingerprint density at radius 1 is 1.26 bits per heavy atom. The number of nitrogens with one attached hydrogen (secondary N) is 1. The summed E-state index contributed by atoms with van der Waals surface area (Å²) in [4.78, 5) is 0. The lowest BCUT2D eigenvalue weighted by Gasteiger charge is -2.37. The number of rotatable bonds is 7. The summed E-state index contributed by atoms with van der Waals surface area (Å²) in [5, 5.41) is 4.55. The Balaban J connectivity index is 2.88. The van der Waals surface area contributed by atoms with Gasteiger partial charge in [0.2, 0.25) is 0 Å². The van der Waals surface area contributed by atoms with Crippen molar-refractivity contribution in [2.45, 2.75) is 45.3 Å². The van der Waals surface area contributed by atoms with E-state index < -0.39 is 0 Å². The molecule has 0 fully saturated rings. The smallest absolute Gasteiger partial charge is 0.0807 e. The van der Waals surface area contributed by atoms with E-state index in [1.807, 2.05) is 32.2 Å². The van der Waals surface area contributed by atoms with Crippen LogP contribution in [0.1, 0.15) is 32.8 Å². The average molecular weight is 304 g/mol. The highest BCUT2D eigenvalue weighted by molar-refractivity contribution is 6.42. The summed E-state index contributed by atoms with van der Waals surface area (Å²) >= 11 is 12.0. The maximum atomic E-state index is 6.07. The summed E-state index contributed by atoms with van der Waals surface area (Å²) in [6.45, 7) is 7.04. The molecule has 0 bridgehead atoms. The molecule has 0 radical (unpaired) electrons. The summed E-state index contributed by atoms with van der Waals surface area (Å²) in [5.41, 5.74) is 0.975. The van der Waals surface area contributed by atoms with Crippen LogP contribution in [0.4, 0.5) is 0 Å². The number of ether oxygens (including phenoxy) is 1. The Labute approximate surface area is 126 Å². The van der Waals surface area contributed by atoms with Gasteiger partial charge in [-0.3, -0.25) is 0 Å². The molecule has 1 aromatic carbocycles. The molecule has 108 valence electrons. The van der Waals surface area contributed by atoms with E-state index in [0.29, 0.717) is 16.7 Å². The van der Waals surface area contributed by atoms with Crippen LogP contribution in [0.15, 0.2) is 18.2 Å². The molecule has 0 saturated heterocycles. The van der Waals surface area contributed by atoms with E-state index >= 15 is 0 Å². The molecule has 2 nitrogen and oxygen atoms in total. The van der Waals surface area contributed by atoms with Gasteiger partial charge in [-0.1, -0.05) is 36.2 Å². The molecule has 1 rings (SSSR count). The van der Waals surface area contributed by atoms with Crippen molar-refractivity contribution in [2.24, 2.45) is 0 Å². The highest BCUT2D eigenvalue weighted by Gasteiger charge is 2.32. The molecule has 0 aromatic heterocycles. The fourth-order valence-corrected chi connectivity index (χ4v) is 2.63. The van der Waals surface area contributed by atoms with Crippen LogP contribution < -0.4 is 5.32 Å². The first-order chi connectivity index (χ1) is 8.96. The molecule has 0 aliphatic rings. The first kappa shape index (κ1) is 16.8. The van der Waals surface area contributed by atoms with Gasteiger partial charge in [0.25, 0.3) is 0 Å². The van der Waals surface area contributed by atoms with E-state index in [2.05, 4.69) is 19.2 Å². The molecular formula is C15H23Cl2NO. The zero-order chi connectivity index (χ0) is 14.5. The number of benzene rings is 1. The molecule has 0 amide bonds. The average Bonchev–Trinajstić information content (AvgIpc) is 2.40. The van der Waals surface area contributed by atoms with E-state index in [-0.39, 0.29) is 11.6 Å². The maximum Gasteiger partial charge on any atom is 0.0807 e. The zero-order valence-electron chi connectivity index (χ0n) is 12.1. The largest absolute Gasteiger partial charge is 0.374 e. The van der Waals surface area contributed by atoms with Crippen molar-refractivity contribution in [1.29, 1.82) is 0 Å². The van der Waals surface area contributed by atoms with Crippen LogP contribution in [0, 0.1) is 0 Å². The Bertz CT molecular complexity index is 411. The minimum atomic E-state index is -0.185. The van der Waals surface area contributed by atoms with E-state index in [9.17, 15) is 0 Å².